The lowest BCUT2D eigenvalue weighted by Crippen LogP contribution is -2.13. The van der Waals surface area contributed by atoms with E-state index in [2.05, 4.69) is 10.3 Å². The summed E-state index contributed by atoms with van der Waals surface area (Å²) in [6.45, 7) is 0. The molecule has 0 aliphatic heterocycles. The minimum absolute atomic E-state index is 0.253. The van der Waals surface area contributed by atoms with Crippen LogP contribution in [0.4, 0.5) is 11.4 Å². The number of carbonyl (C=O) groups excluding carboxylic acids is 1. The first kappa shape index (κ1) is 13.4. The molecular formula is C16H12ClN3O. The summed E-state index contributed by atoms with van der Waals surface area (Å²) >= 11 is 6.07. The lowest BCUT2D eigenvalue weighted by molar-refractivity contribution is 0.102. The average molecular weight is 298 g/mol. The number of nitrogen functional groups attached to an aromatic ring is 1. The highest BCUT2D eigenvalue weighted by molar-refractivity contribution is 6.36. The lowest BCUT2D eigenvalue weighted by Gasteiger charge is -2.09. The van der Waals surface area contributed by atoms with Crippen molar-refractivity contribution < 1.29 is 4.79 Å². The molecule has 5 heteroatoms. The summed E-state index contributed by atoms with van der Waals surface area (Å²) < 4.78 is 0. The highest BCUT2D eigenvalue weighted by atomic mass is 35.5. The molecule has 3 N–H and O–H groups in total. The van der Waals surface area contributed by atoms with Gasteiger partial charge in [0, 0.05) is 11.6 Å². The smallest absolute Gasteiger partial charge is 0.257 e. The van der Waals surface area contributed by atoms with Crippen LogP contribution in [0.1, 0.15) is 10.4 Å². The molecule has 0 bridgehead atoms. The van der Waals surface area contributed by atoms with E-state index in [4.69, 9.17) is 17.3 Å². The molecule has 0 saturated heterocycles. The van der Waals surface area contributed by atoms with Crippen molar-refractivity contribution >= 4 is 39.8 Å². The number of rotatable bonds is 2. The predicted octanol–water partition coefficient (Wildman–Crippen LogP) is 3.72. The Morgan fingerprint density at radius 2 is 1.86 bits per heavy atom. The molecule has 0 spiro atoms. The van der Waals surface area contributed by atoms with Gasteiger partial charge in [-0.25, -0.2) is 0 Å². The van der Waals surface area contributed by atoms with Crippen molar-refractivity contribution in [2.45, 2.75) is 0 Å². The standard InChI is InChI=1S/C16H12ClN3O/c17-14-11(6-2-7-12(14)18)16(21)20-13-8-1-4-10-5-3-9-19-15(10)13/h1-9H,18H2,(H,20,21). The maximum absolute atomic E-state index is 12.4. The first-order valence-corrected chi connectivity index (χ1v) is 6.73. The number of hydrogen-bond donors (Lipinski definition) is 2. The van der Waals surface area contributed by atoms with E-state index in [-0.39, 0.29) is 10.9 Å². The van der Waals surface area contributed by atoms with Gasteiger partial charge in [0.2, 0.25) is 0 Å². The Balaban J connectivity index is 1.99. The Labute approximate surface area is 126 Å². The van der Waals surface area contributed by atoms with Gasteiger partial charge in [-0.2, -0.15) is 0 Å². The molecule has 0 fully saturated rings. The van der Waals surface area contributed by atoms with Gasteiger partial charge in [-0.3, -0.25) is 9.78 Å². The van der Waals surface area contributed by atoms with E-state index in [9.17, 15) is 4.79 Å². The number of halogens is 1. The lowest BCUT2D eigenvalue weighted by atomic mass is 10.1. The fourth-order valence-electron chi connectivity index (χ4n) is 2.12. The van der Waals surface area contributed by atoms with Crippen LogP contribution in [0.15, 0.2) is 54.7 Å². The molecular weight excluding hydrogens is 286 g/mol. The first-order chi connectivity index (χ1) is 10.2. The number of pyridine rings is 1. The number of amides is 1. The fraction of sp³-hybridized carbons (Fsp3) is 0. The number of nitrogens with two attached hydrogens (primary N) is 1. The molecule has 1 heterocycles. The van der Waals surface area contributed by atoms with Gasteiger partial charge in [-0.05, 0) is 24.3 Å². The van der Waals surface area contributed by atoms with E-state index in [1.807, 2.05) is 24.3 Å². The Hall–Kier alpha value is -2.59. The van der Waals surface area contributed by atoms with Crippen LogP contribution in [0.25, 0.3) is 10.9 Å². The largest absolute Gasteiger partial charge is 0.398 e. The van der Waals surface area contributed by atoms with E-state index < -0.39 is 0 Å². The van der Waals surface area contributed by atoms with Crippen LogP contribution < -0.4 is 11.1 Å². The number of carbonyl (C=O) groups is 1. The van der Waals surface area contributed by atoms with Crippen LogP contribution in [-0.2, 0) is 0 Å². The quantitative estimate of drug-likeness (QED) is 0.708. The maximum Gasteiger partial charge on any atom is 0.257 e. The predicted molar refractivity (Wildman–Crippen MR) is 85.6 cm³/mol. The van der Waals surface area contributed by atoms with Gasteiger partial charge in [0.05, 0.1) is 27.5 Å². The number of benzene rings is 2. The maximum atomic E-state index is 12.4. The molecule has 0 aliphatic carbocycles. The van der Waals surface area contributed by atoms with Crippen molar-refractivity contribution in [2.75, 3.05) is 11.1 Å². The van der Waals surface area contributed by atoms with Crippen LogP contribution in [0.2, 0.25) is 5.02 Å². The van der Waals surface area contributed by atoms with Crippen LogP contribution in [0.3, 0.4) is 0 Å². The van der Waals surface area contributed by atoms with Crippen molar-refractivity contribution in [1.82, 2.24) is 4.98 Å². The monoisotopic (exact) mass is 297 g/mol. The number of para-hydroxylation sites is 1. The second-order valence-corrected chi connectivity index (χ2v) is 4.92. The molecule has 3 aromatic rings. The van der Waals surface area contributed by atoms with Gasteiger partial charge in [-0.15, -0.1) is 0 Å². The highest BCUT2D eigenvalue weighted by Crippen LogP contribution is 2.25. The Morgan fingerprint density at radius 1 is 1.10 bits per heavy atom. The van der Waals surface area contributed by atoms with Gasteiger partial charge < -0.3 is 11.1 Å². The number of fused-ring (bicyclic) bond motifs is 1. The third kappa shape index (κ3) is 2.53. The molecule has 104 valence electrons. The minimum Gasteiger partial charge on any atom is -0.398 e. The van der Waals surface area contributed by atoms with Gasteiger partial charge in [0.15, 0.2) is 0 Å². The molecule has 2 aromatic carbocycles. The molecule has 0 radical (unpaired) electrons. The summed E-state index contributed by atoms with van der Waals surface area (Å²) in [5.74, 6) is -0.314. The Morgan fingerprint density at radius 3 is 2.71 bits per heavy atom. The zero-order chi connectivity index (χ0) is 14.8. The second-order valence-electron chi connectivity index (χ2n) is 4.54. The topological polar surface area (TPSA) is 68.0 Å². The van der Waals surface area contributed by atoms with Gasteiger partial charge >= 0.3 is 0 Å². The third-order valence-electron chi connectivity index (χ3n) is 3.15. The SMILES string of the molecule is Nc1cccc(C(=O)Nc2cccc3cccnc23)c1Cl. The van der Waals surface area contributed by atoms with Crippen LogP contribution in [0, 0.1) is 0 Å². The molecule has 4 nitrogen and oxygen atoms in total. The van der Waals surface area contributed by atoms with Crippen LogP contribution >= 0.6 is 11.6 Å². The molecule has 21 heavy (non-hydrogen) atoms. The molecule has 0 unspecified atom stereocenters. The summed E-state index contributed by atoms with van der Waals surface area (Å²) in [6, 6.07) is 14.4. The van der Waals surface area contributed by atoms with Crippen LogP contribution in [0.5, 0.6) is 0 Å². The number of aromatic nitrogens is 1. The molecule has 0 atom stereocenters. The molecule has 0 saturated carbocycles. The number of anilines is 2. The number of nitrogens with one attached hydrogen (secondary N) is 1. The number of hydrogen-bond acceptors (Lipinski definition) is 3. The summed E-state index contributed by atoms with van der Waals surface area (Å²) in [4.78, 5) is 16.6. The van der Waals surface area contributed by atoms with Crippen molar-refractivity contribution in [3.8, 4) is 0 Å². The Bertz CT molecular complexity index is 827. The van der Waals surface area contributed by atoms with Crippen molar-refractivity contribution in [2.24, 2.45) is 0 Å². The summed E-state index contributed by atoms with van der Waals surface area (Å²) in [6.07, 6.45) is 1.69. The summed E-state index contributed by atoms with van der Waals surface area (Å²) in [7, 11) is 0. The molecule has 1 amide bonds. The zero-order valence-corrected chi connectivity index (χ0v) is 11.8. The summed E-state index contributed by atoms with van der Waals surface area (Å²) in [5, 5.41) is 4.03. The molecule has 1 aromatic heterocycles. The zero-order valence-electron chi connectivity index (χ0n) is 11.0. The third-order valence-corrected chi connectivity index (χ3v) is 3.58. The van der Waals surface area contributed by atoms with Crippen molar-refractivity contribution in [3.05, 3.63) is 65.3 Å². The van der Waals surface area contributed by atoms with Crippen LogP contribution in [-0.4, -0.2) is 10.9 Å². The molecule has 3 rings (SSSR count). The first-order valence-electron chi connectivity index (χ1n) is 6.36. The van der Waals surface area contributed by atoms with E-state index in [1.165, 1.54) is 0 Å². The molecule has 0 aliphatic rings. The van der Waals surface area contributed by atoms with Crippen molar-refractivity contribution in [3.63, 3.8) is 0 Å². The highest BCUT2D eigenvalue weighted by Gasteiger charge is 2.13. The van der Waals surface area contributed by atoms with Crippen molar-refractivity contribution in [1.29, 1.82) is 0 Å². The van der Waals surface area contributed by atoms with Gasteiger partial charge in [0.1, 0.15) is 0 Å². The van der Waals surface area contributed by atoms with E-state index in [1.54, 1.807) is 30.5 Å². The van der Waals surface area contributed by atoms with Gasteiger partial charge in [-0.1, -0.05) is 35.9 Å². The van der Waals surface area contributed by atoms with Gasteiger partial charge in [0.25, 0.3) is 5.91 Å². The van der Waals surface area contributed by atoms with E-state index in [0.717, 1.165) is 10.9 Å². The second kappa shape index (κ2) is 5.42. The fourth-order valence-corrected chi connectivity index (χ4v) is 2.33. The normalized spacial score (nSPS) is 10.5. The van der Waals surface area contributed by atoms with E-state index >= 15 is 0 Å². The van der Waals surface area contributed by atoms with E-state index in [0.29, 0.717) is 16.9 Å². The summed E-state index contributed by atoms with van der Waals surface area (Å²) in [5.41, 5.74) is 7.80. The minimum atomic E-state index is -0.314. The average Bonchev–Trinajstić information content (AvgIpc) is 2.50. The number of nitrogens with zero attached hydrogens (tertiary/aromatic N) is 1. The Kier molecular flexibility index (Phi) is 3.46.